The molecule has 1 aliphatic carbocycles. The first-order valence-electron chi connectivity index (χ1n) is 6.06. The average molecular weight is 313 g/mol. The molecule has 8 heteroatoms. The van der Waals surface area contributed by atoms with Gasteiger partial charge in [0.2, 0.25) is 0 Å². The van der Waals surface area contributed by atoms with E-state index in [0.717, 1.165) is 12.8 Å². The quantitative estimate of drug-likeness (QED) is 0.491. The second-order valence-corrected chi connectivity index (χ2v) is 5.30. The number of halogens is 2. The van der Waals surface area contributed by atoms with Crippen LogP contribution < -0.4 is 0 Å². The van der Waals surface area contributed by atoms with Crippen molar-refractivity contribution < 1.29 is 4.92 Å². The molecule has 0 bridgehead atoms. The van der Waals surface area contributed by atoms with Crippen LogP contribution in [0.25, 0.3) is 11.4 Å². The number of hydrogen-bond donors (Lipinski definition) is 0. The van der Waals surface area contributed by atoms with Crippen LogP contribution in [0.1, 0.15) is 24.7 Å². The number of nitrogens with zero attached hydrogens (tertiary/aromatic N) is 4. The van der Waals surface area contributed by atoms with Crippen LogP contribution in [0.4, 0.5) is 5.69 Å². The Morgan fingerprint density at radius 1 is 1.40 bits per heavy atom. The van der Waals surface area contributed by atoms with Gasteiger partial charge in [0.05, 0.1) is 16.4 Å². The summed E-state index contributed by atoms with van der Waals surface area (Å²) in [5.74, 6) is 1.34. The van der Waals surface area contributed by atoms with Gasteiger partial charge in [0.25, 0.3) is 5.69 Å². The van der Waals surface area contributed by atoms with Crippen molar-refractivity contribution in [2.24, 2.45) is 0 Å². The van der Waals surface area contributed by atoms with Crippen LogP contribution in [0, 0.1) is 10.1 Å². The number of hydrogen-bond acceptors (Lipinski definition) is 4. The molecular formula is C12H10Cl2N4O2. The summed E-state index contributed by atoms with van der Waals surface area (Å²) in [6.45, 7) is 0. The molecule has 3 rings (SSSR count). The fourth-order valence-electron chi connectivity index (χ4n) is 2.16. The van der Waals surface area contributed by atoms with E-state index in [9.17, 15) is 10.1 Å². The molecule has 1 aromatic heterocycles. The van der Waals surface area contributed by atoms with Crippen molar-refractivity contribution in [3.8, 4) is 11.4 Å². The maximum atomic E-state index is 11.2. The normalized spacial score (nSPS) is 14.5. The van der Waals surface area contributed by atoms with E-state index < -0.39 is 4.92 Å². The van der Waals surface area contributed by atoms with Crippen molar-refractivity contribution in [1.82, 2.24) is 14.8 Å². The zero-order valence-corrected chi connectivity index (χ0v) is 11.8. The highest BCUT2D eigenvalue weighted by Crippen LogP contribution is 2.41. The second kappa shape index (κ2) is 5.03. The molecule has 0 radical (unpaired) electrons. The van der Waals surface area contributed by atoms with Gasteiger partial charge in [-0.05, 0) is 25.0 Å². The van der Waals surface area contributed by atoms with E-state index in [1.807, 2.05) is 4.57 Å². The van der Waals surface area contributed by atoms with Crippen LogP contribution in [0.2, 0.25) is 5.02 Å². The Balaban J connectivity index is 2.18. The lowest BCUT2D eigenvalue weighted by molar-refractivity contribution is -0.384. The predicted molar refractivity (Wildman–Crippen MR) is 75.0 cm³/mol. The molecule has 20 heavy (non-hydrogen) atoms. The maximum Gasteiger partial charge on any atom is 0.281 e. The Morgan fingerprint density at radius 2 is 2.15 bits per heavy atom. The van der Waals surface area contributed by atoms with Crippen LogP contribution in [0.15, 0.2) is 18.2 Å². The number of alkyl halides is 1. The number of nitro benzene ring substituents is 1. The molecule has 1 aromatic carbocycles. The van der Waals surface area contributed by atoms with Crippen molar-refractivity contribution in [3.05, 3.63) is 39.2 Å². The van der Waals surface area contributed by atoms with Crippen LogP contribution in [0.3, 0.4) is 0 Å². The molecule has 104 valence electrons. The summed E-state index contributed by atoms with van der Waals surface area (Å²) < 4.78 is 1.89. The summed E-state index contributed by atoms with van der Waals surface area (Å²) in [5, 5.41) is 19.6. The molecular weight excluding hydrogens is 303 g/mol. The van der Waals surface area contributed by atoms with Gasteiger partial charge in [-0.1, -0.05) is 11.6 Å². The highest BCUT2D eigenvalue weighted by molar-refractivity contribution is 6.30. The Morgan fingerprint density at radius 3 is 2.75 bits per heavy atom. The van der Waals surface area contributed by atoms with Crippen LogP contribution in [-0.2, 0) is 5.88 Å². The van der Waals surface area contributed by atoms with Crippen molar-refractivity contribution in [3.63, 3.8) is 0 Å². The summed E-state index contributed by atoms with van der Waals surface area (Å²) in [5.41, 5.74) is 0.336. The Bertz CT molecular complexity index is 682. The summed E-state index contributed by atoms with van der Waals surface area (Å²) in [7, 11) is 0. The third-order valence-corrected chi connectivity index (χ3v) is 3.67. The Kier molecular flexibility index (Phi) is 3.35. The fraction of sp³-hybridized carbons (Fsp3) is 0.333. The van der Waals surface area contributed by atoms with Gasteiger partial charge in [-0.15, -0.1) is 21.8 Å². The minimum absolute atomic E-state index is 0.0760. The van der Waals surface area contributed by atoms with Crippen molar-refractivity contribution in [2.75, 3.05) is 0 Å². The lowest BCUT2D eigenvalue weighted by Crippen LogP contribution is -2.03. The molecule has 1 aliphatic rings. The number of benzene rings is 1. The Labute approximate surface area is 124 Å². The fourth-order valence-corrected chi connectivity index (χ4v) is 2.51. The van der Waals surface area contributed by atoms with Gasteiger partial charge in [0.1, 0.15) is 5.82 Å². The van der Waals surface area contributed by atoms with Crippen molar-refractivity contribution >= 4 is 28.9 Å². The van der Waals surface area contributed by atoms with Gasteiger partial charge in [0, 0.05) is 17.1 Å². The van der Waals surface area contributed by atoms with Crippen molar-refractivity contribution in [2.45, 2.75) is 24.8 Å². The van der Waals surface area contributed by atoms with E-state index >= 15 is 0 Å². The lowest BCUT2D eigenvalue weighted by atomic mass is 10.1. The molecule has 1 fully saturated rings. The monoisotopic (exact) mass is 312 g/mol. The van der Waals surface area contributed by atoms with Gasteiger partial charge in [0.15, 0.2) is 5.82 Å². The molecule has 0 spiro atoms. The Hall–Kier alpha value is -1.66. The number of aromatic nitrogens is 3. The summed E-state index contributed by atoms with van der Waals surface area (Å²) in [4.78, 5) is 10.7. The van der Waals surface area contributed by atoms with Crippen LogP contribution in [-0.4, -0.2) is 19.7 Å². The van der Waals surface area contributed by atoms with E-state index in [2.05, 4.69) is 10.2 Å². The largest absolute Gasteiger partial charge is 0.307 e. The first kappa shape index (κ1) is 13.3. The van der Waals surface area contributed by atoms with Gasteiger partial charge in [-0.25, -0.2) is 0 Å². The molecule has 2 aromatic rings. The molecule has 0 unspecified atom stereocenters. The smallest absolute Gasteiger partial charge is 0.281 e. The summed E-state index contributed by atoms with van der Waals surface area (Å²) in [6, 6.07) is 4.81. The molecule has 6 nitrogen and oxygen atoms in total. The molecule has 1 saturated carbocycles. The maximum absolute atomic E-state index is 11.2. The zero-order valence-electron chi connectivity index (χ0n) is 10.3. The lowest BCUT2D eigenvalue weighted by Gasteiger charge is -2.08. The molecule has 0 amide bonds. The van der Waals surface area contributed by atoms with Gasteiger partial charge in [-0.3, -0.25) is 10.1 Å². The third kappa shape index (κ3) is 2.25. The zero-order chi connectivity index (χ0) is 14.3. The minimum atomic E-state index is -0.465. The highest BCUT2D eigenvalue weighted by atomic mass is 35.5. The van der Waals surface area contributed by atoms with Crippen LogP contribution >= 0.6 is 23.2 Å². The van der Waals surface area contributed by atoms with E-state index in [1.165, 1.54) is 6.07 Å². The van der Waals surface area contributed by atoms with Gasteiger partial charge >= 0.3 is 0 Å². The van der Waals surface area contributed by atoms with Gasteiger partial charge in [-0.2, -0.15) is 0 Å². The first-order valence-corrected chi connectivity index (χ1v) is 6.97. The van der Waals surface area contributed by atoms with Crippen molar-refractivity contribution in [1.29, 1.82) is 0 Å². The van der Waals surface area contributed by atoms with E-state index in [4.69, 9.17) is 23.2 Å². The first-order chi connectivity index (χ1) is 9.61. The summed E-state index contributed by atoms with van der Waals surface area (Å²) >= 11 is 11.7. The SMILES string of the molecule is O=[N+]([O-])c1cc(Cl)ccc1-c1nnc(CCl)n1C1CC1. The molecule has 0 N–H and O–H groups in total. The molecule has 0 saturated heterocycles. The van der Waals surface area contributed by atoms with E-state index in [-0.39, 0.29) is 17.6 Å². The van der Waals surface area contributed by atoms with E-state index in [0.29, 0.717) is 22.2 Å². The topological polar surface area (TPSA) is 73.8 Å². The summed E-state index contributed by atoms with van der Waals surface area (Å²) in [6.07, 6.45) is 2.02. The molecule has 1 heterocycles. The third-order valence-electron chi connectivity index (χ3n) is 3.20. The number of nitro groups is 1. The van der Waals surface area contributed by atoms with Gasteiger partial charge < -0.3 is 4.57 Å². The minimum Gasteiger partial charge on any atom is -0.307 e. The molecule has 0 aliphatic heterocycles. The second-order valence-electron chi connectivity index (χ2n) is 4.59. The van der Waals surface area contributed by atoms with E-state index in [1.54, 1.807) is 12.1 Å². The molecule has 0 atom stereocenters. The van der Waals surface area contributed by atoms with Crippen LogP contribution in [0.5, 0.6) is 0 Å². The average Bonchev–Trinajstić information content (AvgIpc) is 3.18. The predicted octanol–water partition coefficient (Wildman–Crippen LogP) is 3.58. The number of rotatable bonds is 4. The highest BCUT2D eigenvalue weighted by Gasteiger charge is 2.31. The standard InChI is InChI=1S/C12H10Cl2N4O2/c13-6-11-15-16-12(17(11)8-2-3-8)9-4-1-7(14)5-10(9)18(19)20/h1,4-5,8H,2-3,6H2.